The van der Waals surface area contributed by atoms with Gasteiger partial charge in [0.1, 0.15) is 0 Å². The highest BCUT2D eigenvalue weighted by molar-refractivity contribution is 9.10. The summed E-state index contributed by atoms with van der Waals surface area (Å²) in [6.45, 7) is -0.590. The minimum atomic E-state index is -4.02. The molecule has 0 aliphatic rings. The molecule has 172 valence electrons. The van der Waals surface area contributed by atoms with E-state index in [1.54, 1.807) is 24.3 Å². The van der Waals surface area contributed by atoms with Crippen molar-refractivity contribution in [3.8, 4) is 0 Å². The molecule has 0 fully saturated rings. The summed E-state index contributed by atoms with van der Waals surface area (Å²) >= 11 is 18.8. The molecule has 3 aromatic rings. The van der Waals surface area contributed by atoms with Crippen LogP contribution in [0.5, 0.6) is 0 Å². The molecule has 0 spiro atoms. The molecule has 0 aromatic heterocycles. The highest BCUT2D eigenvalue weighted by atomic mass is 79.9. The molecular weight excluding hydrogens is 617 g/mol. The monoisotopic (exact) mass is 631 g/mol. The van der Waals surface area contributed by atoms with Gasteiger partial charge in [0.25, 0.3) is 5.91 Å². The number of hydrogen-bond donors (Lipinski definition) is 1. The summed E-state index contributed by atoms with van der Waals surface area (Å²) < 4.78 is 29.3. The third-order valence-electron chi connectivity index (χ3n) is 4.41. The van der Waals surface area contributed by atoms with E-state index in [2.05, 4.69) is 42.4 Å². The van der Waals surface area contributed by atoms with E-state index < -0.39 is 22.5 Å². The van der Waals surface area contributed by atoms with Crippen LogP contribution in [-0.4, -0.2) is 31.4 Å². The molecule has 11 heteroatoms. The van der Waals surface area contributed by atoms with Crippen molar-refractivity contribution >= 4 is 77.2 Å². The number of hydrazone groups is 1. The van der Waals surface area contributed by atoms with E-state index in [-0.39, 0.29) is 11.4 Å². The van der Waals surface area contributed by atoms with Crippen LogP contribution in [0.1, 0.15) is 11.1 Å². The molecule has 0 saturated carbocycles. The first-order valence-electron chi connectivity index (χ1n) is 9.42. The normalized spacial score (nSPS) is 11.8. The van der Waals surface area contributed by atoms with E-state index in [1.807, 2.05) is 24.3 Å². The van der Waals surface area contributed by atoms with E-state index in [0.717, 1.165) is 18.8 Å². The van der Waals surface area contributed by atoms with Crippen molar-refractivity contribution in [1.82, 2.24) is 9.73 Å². The summed E-state index contributed by atoms with van der Waals surface area (Å²) in [5, 5.41) is 4.64. The van der Waals surface area contributed by atoms with Gasteiger partial charge < -0.3 is 0 Å². The summed E-state index contributed by atoms with van der Waals surface area (Å²) in [5.41, 5.74) is 3.65. The van der Waals surface area contributed by atoms with E-state index in [4.69, 9.17) is 23.2 Å². The predicted octanol–water partition coefficient (Wildman–Crippen LogP) is 5.86. The molecule has 0 saturated heterocycles. The number of nitrogens with zero attached hydrogens (tertiary/aromatic N) is 2. The van der Waals surface area contributed by atoms with Crippen molar-refractivity contribution in [2.45, 2.75) is 11.4 Å². The third-order valence-corrected chi connectivity index (χ3v) is 7.86. The number of sulfonamides is 1. The van der Waals surface area contributed by atoms with Gasteiger partial charge in [-0.2, -0.15) is 9.41 Å². The van der Waals surface area contributed by atoms with Crippen LogP contribution in [-0.2, 0) is 21.4 Å². The van der Waals surface area contributed by atoms with Crippen molar-refractivity contribution < 1.29 is 13.2 Å². The highest BCUT2D eigenvalue weighted by Gasteiger charge is 2.27. The molecule has 0 unspecified atom stereocenters. The van der Waals surface area contributed by atoms with Crippen molar-refractivity contribution in [2.75, 3.05) is 6.54 Å². The van der Waals surface area contributed by atoms with Crippen molar-refractivity contribution in [3.05, 3.63) is 96.8 Å². The summed E-state index contributed by atoms with van der Waals surface area (Å²) in [5.74, 6) is -0.603. The molecule has 1 N–H and O–H groups in total. The maximum atomic E-state index is 13.3. The Bertz CT molecular complexity index is 1270. The van der Waals surface area contributed by atoms with Crippen LogP contribution < -0.4 is 5.43 Å². The maximum Gasteiger partial charge on any atom is 0.255 e. The Labute approximate surface area is 218 Å². The van der Waals surface area contributed by atoms with Crippen LogP contribution >= 0.6 is 55.1 Å². The van der Waals surface area contributed by atoms with E-state index in [1.165, 1.54) is 24.4 Å². The SMILES string of the molecule is O=C(CN(Cc1ccc(Cl)cc1Cl)S(=O)(=O)c1ccc(Br)cc1)N/N=C/c1ccc(Br)cc1. The average Bonchev–Trinajstić information content (AvgIpc) is 2.76. The van der Waals surface area contributed by atoms with E-state index >= 15 is 0 Å². The summed E-state index contributed by atoms with van der Waals surface area (Å²) in [6, 6.07) is 18.2. The summed E-state index contributed by atoms with van der Waals surface area (Å²) in [7, 11) is -4.02. The first-order valence-corrected chi connectivity index (χ1v) is 13.2. The first-order chi connectivity index (χ1) is 15.6. The smallest absolute Gasteiger partial charge is 0.255 e. The summed E-state index contributed by atoms with van der Waals surface area (Å²) in [6.07, 6.45) is 1.47. The van der Waals surface area contributed by atoms with Crippen molar-refractivity contribution in [3.63, 3.8) is 0 Å². The Balaban J connectivity index is 1.82. The van der Waals surface area contributed by atoms with Gasteiger partial charge in [-0.15, -0.1) is 0 Å². The van der Waals surface area contributed by atoms with Crippen LogP contribution in [0.4, 0.5) is 0 Å². The van der Waals surface area contributed by atoms with Crippen LogP contribution in [0.15, 0.2) is 85.7 Å². The van der Waals surface area contributed by atoms with Gasteiger partial charge in [-0.25, -0.2) is 13.8 Å². The maximum absolute atomic E-state index is 13.3. The quantitative estimate of drug-likeness (QED) is 0.249. The van der Waals surface area contributed by atoms with Crippen molar-refractivity contribution in [2.24, 2.45) is 5.10 Å². The molecule has 0 aliphatic carbocycles. The predicted molar refractivity (Wildman–Crippen MR) is 138 cm³/mol. The second-order valence-electron chi connectivity index (χ2n) is 6.81. The Hall–Kier alpha value is -1.75. The van der Waals surface area contributed by atoms with Gasteiger partial charge in [0, 0.05) is 25.5 Å². The molecule has 3 aromatic carbocycles. The Morgan fingerprint density at radius 2 is 1.58 bits per heavy atom. The van der Waals surface area contributed by atoms with E-state index in [9.17, 15) is 13.2 Å². The number of halogens is 4. The van der Waals surface area contributed by atoms with Gasteiger partial charge in [-0.3, -0.25) is 4.79 Å². The van der Waals surface area contributed by atoms with E-state index in [0.29, 0.717) is 15.6 Å². The molecule has 33 heavy (non-hydrogen) atoms. The number of benzene rings is 3. The van der Waals surface area contributed by atoms with Crippen LogP contribution in [0.2, 0.25) is 10.0 Å². The molecule has 0 aliphatic heterocycles. The molecule has 6 nitrogen and oxygen atoms in total. The van der Waals surface area contributed by atoms with Crippen LogP contribution in [0.25, 0.3) is 0 Å². The fraction of sp³-hybridized carbons (Fsp3) is 0.0909. The lowest BCUT2D eigenvalue weighted by Crippen LogP contribution is -2.39. The molecule has 3 rings (SSSR count). The average molecular weight is 634 g/mol. The number of hydrogen-bond acceptors (Lipinski definition) is 4. The van der Waals surface area contributed by atoms with Gasteiger partial charge >= 0.3 is 0 Å². The number of rotatable bonds is 8. The molecule has 0 atom stereocenters. The zero-order valence-electron chi connectivity index (χ0n) is 16.9. The van der Waals surface area contributed by atoms with Gasteiger partial charge in [0.15, 0.2) is 0 Å². The lowest BCUT2D eigenvalue weighted by atomic mass is 10.2. The van der Waals surface area contributed by atoms with Gasteiger partial charge in [0.05, 0.1) is 17.7 Å². The Morgan fingerprint density at radius 1 is 0.970 bits per heavy atom. The number of carbonyl (C=O) groups is 1. The van der Waals surface area contributed by atoms with Crippen molar-refractivity contribution in [1.29, 1.82) is 0 Å². The molecule has 0 heterocycles. The Kier molecular flexibility index (Phi) is 9.09. The second-order valence-corrected chi connectivity index (χ2v) is 11.4. The summed E-state index contributed by atoms with van der Waals surface area (Å²) in [4.78, 5) is 12.6. The number of carbonyl (C=O) groups excluding carboxylic acids is 1. The number of amides is 1. The van der Waals surface area contributed by atoms with Gasteiger partial charge in [0.2, 0.25) is 10.0 Å². The largest absolute Gasteiger partial charge is 0.272 e. The molecule has 0 bridgehead atoms. The standard InChI is InChI=1S/C22H17Br2Cl2N3O3S/c23-17-4-1-15(2-5-17)12-27-28-22(30)14-29(13-16-3-8-19(25)11-21(16)26)33(31,32)20-9-6-18(24)7-10-20/h1-12H,13-14H2,(H,28,30)/b27-12+. The molecule has 1 amide bonds. The zero-order valence-corrected chi connectivity index (χ0v) is 22.4. The van der Waals surface area contributed by atoms with Crippen LogP contribution in [0.3, 0.4) is 0 Å². The van der Waals surface area contributed by atoms with Gasteiger partial charge in [-0.05, 0) is 59.7 Å². The lowest BCUT2D eigenvalue weighted by molar-refractivity contribution is -0.121. The fourth-order valence-electron chi connectivity index (χ4n) is 2.74. The van der Waals surface area contributed by atoms with Crippen LogP contribution in [0, 0.1) is 0 Å². The zero-order chi connectivity index (χ0) is 24.0. The van der Waals surface area contributed by atoms with Gasteiger partial charge in [-0.1, -0.05) is 73.3 Å². The number of nitrogens with one attached hydrogen (secondary N) is 1. The lowest BCUT2D eigenvalue weighted by Gasteiger charge is -2.22. The second kappa shape index (κ2) is 11.6. The topological polar surface area (TPSA) is 78.8 Å². The molecule has 0 radical (unpaired) electrons. The fourth-order valence-corrected chi connectivity index (χ4v) is 5.12. The molecular formula is C22H17Br2Cl2N3O3S. The highest BCUT2D eigenvalue weighted by Crippen LogP contribution is 2.25. The minimum Gasteiger partial charge on any atom is -0.272 e. The third kappa shape index (κ3) is 7.37. The first kappa shape index (κ1) is 25.9. The minimum absolute atomic E-state index is 0.0435. The Morgan fingerprint density at radius 3 is 2.18 bits per heavy atom.